The summed E-state index contributed by atoms with van der Waals surface area (Å²) < 4.78 is 32.1. The maximum absolute atomic E-state index is 16.9. The average Bonchev–Trinajstić information content (AvgIpc) is 2.86. The first kappa shape index (κ1) is 21.1. The summed E-state index contributed by atoms with van der Waals surface area (Å²) in [5.41, 5.74) is -6.48. The molecular weight excluding hydrogens is 402 g/mol. The van der Waals surface area contributed by atoms with Gasteiger partial charge in [-0.25, -0.2) is 8.78 Å². The quantitative estimate of drug-likeness (QED) is 0.661. The second kappa shape index (κ2) is 6.21. The zero-order chi connectivity index (χ0) is 21.6. The van der Waals surface area contributed by atoms with Crippen LogP contribution >= 0.6 is 11.6 Å². The third-order valence-corrected chi connectivity index (χ3v) is 9.03. The molecule has 0 heterocycles. The van der Waals surface area contributed by atoms with Crippen molar-refractivity contribution >= 4 is 23.2 Å². The summed E-state index contributed by atoms with van der Waals surface area (Å²) in [6.45, 7) is 4.95. The molecule has 0 aliphatic heterocycles. The minimum absolute atomic E-state index is 0.101. The number of aliphatic hydroxyl groups is 2. The number of hydrogen-bond donors (Lipinski definition) is 2. The fourth-order valence-electron chi connectivity index (χ4n) is 7.21. The number of carbonyl (C=O) groups excluding carboxylic acids is 2. The van der Waals surface area contributed by atoms with Gasteiger partial charge in [0.15, 0.2) is 17.2 Å². The summed E-state index contributed by atoms with van der Waals surface area (Å²) in [6, 6.07) is 0. The van der Waals surface area contributed by atoms with Crippen LogP contribution in [0.5, 0.6) is 0 Å². The summed E-state index contributed by atoms with van der Waals surface area (Å²) in [5, 5.41) is 22.6. The summed E-state index contributed by atoms with van der Waals surface area (Å²) in [5.74, 6) is -3.68. The van der Waals surface area contributed by atoms with Crippen LogP contribution in [0, 0.1) is 28.6 Å². The maximum atomic E-state index is 16.9. The number of allylic oxidation sites excluding steroid dienone is 4. The summed E-state index contributed by atoms with van der Waals surface area (Å²) in [7, 11) is 0. The van der Waals surface area contributed by atoms with Gasteiger partial charge in [-0.2, -0.15) is 0 Å². The molecule has 0 radical (unpaired) electrons. The molecule has 8 atom stereocenters. The second-order valence-electron chi connectivity index (χ2n) is 9.84. The van der Waals surface area contributed by atoms with Crippen molar-refractivity contribution in [2.24, 2.45) is 28.6 Å². The van der Waals surface area contributed by atoms with Crippen LogP contribution in [-0.2, 0) is 9.59 Å². The monoisotopic (exact) mass is 428 g/mol. The van der Waals surface area contributed by atoms with Crippen LogP contribution < -0.4 is 0 Å². The highest BCUT2D eigenvalue weighted by molar-refractivity contribution is 6.29. The van der Waals surface area contributed by atoms with Crippen LogP contribution in [0.2, 0.25) is 0 Å². The molecule has 0 unspecified atom stereocenters. The van der Waals surface area contributed by atoms with E-state index in [0.29, 0.717) is 6.42 Å². The molecule has 4 rings (SSSR count). The van der Waals surface area contributed by atoms with Crippen molar-refractivity contribution in [3.63, 3.8) is 0 Å². The zero-order valence-electron chi connectivity index (χ0n) is 16.8. The SMILES string of the molecule is C[C@H]1C[C@H]2[C@@H]3CC(F)=C4CC(=O)C=C[C@]4(C)[C@@]3(F)[C@@H](O)C[C@]2(C)[C@@]1(O)C(=O)CCl. The number of aliphatic hydroxyl groups excluding tert-OH is 1. The Morgan fingerprint density at radius 2 is 2.00 bits per heavy atom. The molecule has 0 spiro atoms. The van der Waals surface area contributed by atoms with Crippen molar-refractivity contribution in [2.45, 2.75) is 63.8 Å². The van der Waals surface area contributed by atoms with Crippen LogP contribution in [0.1, 0.15) is 46.5 Å². The van der Waals surface area contributed by atoms with Gasteiger partial charge < -0.3 is 10.2 Å². The van der Waals surface area contributed by atoms with Gasteiger partial charge in [0.05, 0.1) is 12.0 Å². The van der Waals surface area contributed by atoms with Crippen molar-refractivity contribution in [3.8, 4) is 0 Å². The molecule has 0 saturated heterocycles. The fraction of sp³-hybridized carbons (Fsp3) is 0.727. The first-order chi connectivity index (χ1) is 13.4. The largest absolute Gasteiger partial charge is 0.390 e. The number of halogens is 3. The molecule has 2 saturated carbocycles. The van der Waals surface area contributed by atoms with Crippen LogP contribution in [0.25, 0.3) is 0 Å². The van der Waals surface area contributed by atoms with Gasteiger partial charge in [0.25, 0.3) is 0 Å². The molecule has 7 heteroatoms. The molecule has 0 aromatic carbocycles. The van der Waals surface area contributed by atoms with Gasteiger partial charge in [-0.3, -0.25) is 9.59 Å². The lowest BCUT2D eigenvalue weighted by Gasteiger charge is -2.62. The number of hydrogen-bond acceptors (Lipinski definition) is 4. The van der Waals surface area contributed by atoms with Crippen LogP contribution in [0.3, 0.4) is 0 Å². The van der Waals surface area contributed by atoms with E-state index in [1.54, 1.807) is 13.8 Å². The highest BCUT2D eigenvalue weighted by Crippen LogP contribution is 2.71. The standard InChI is InChI=1S/C22H27ClF2O4/c1-11-6-13-14-8-16(24)15-7-12(26)4-5-19(15,2)21(14,25)17(27)9-20(13,3)22(11,29)18(28)10-23/h4-5,11,13-14,17,27,29H,6-10H2,1-3H3/t11-,13-,14-,17-,19-,20-,21-,22-/m0/s1. The molecule has 4 aliphatic rings. The van der Waals surface area contributed by atoms with Gasteiger partial charge in [-0.05, 0) is 43.3 Å². The summed E-state index contributed by atoms with van der Waals surface area (Å²) in [4.78, 5) is 24.5. The van der Waals surface area contributed by atoms with E-state index in [0.717, 1.165) is 0 Å². The number of ketones is 2. The number of carbonyl (C=O) groups is 2. The molecule has 0 bridgehead atoms. The molecule has 2 N–H and O–H groups in total. The minimum atomic E-state index is -2.20. The number of rotatable bonds is 2. The van der Waals surface area contributed by atoms with Gasteiger partial charge in [0.2, 0.25) is 0 Å². The zero-order valence-corrected chi connectivity index (χ0v) is 17.6. The van der Waals surface area contributed by atoms with E-state index in [-0.39, 0.29) is 36.5 Å². The summed E-state index contributed by atoms with van der Waals surface area (Å²) >= 11 is 5.78. The van der Waals surface area contributed by atoms with Gasteiger partial charge >= 0.3 is 0 Å². The summed E-state index contributed by atoms with van der Waals surface area (Å²) in [6.07, 6.45) is 0.876. The molecule has 160 valence electrons. The predicted molar refractivity (Wildman–Crippen MR) is 104 cm³/mol. The van der Waals surface area contributed by atoms with E-state index >= 15 is 8.78 Å². The topological polar surface area (TPSA) is 74.6 Å². The van der Waals surface area contributed by atoms with E-state index < -0.39 is 57.6 Å². The van der Waals surface area contributed by atoms with Crippen molar-refractivity contribution in [1.29, 1.82) is 0 Å². The smallest absolute Gasteiger partial charge is 0.179 e. The highest BCUT2D eigenvalue weighted by Gasteiger charge is 2.75. The third kappa shape index (κ3) is 2.26. The molecule has 4 aliphatic carbocycles. The van der Waals surface area contributed by atoms with Gasteiger partial charge in [0, 0.05) is 29.6 Å². The van der Waals surface area contributed by atoms with E-state index in [4.69, 9.17) is 11.6 Å². The molecule has 0 amide bonds. The van der Waals surface area contributed by atoms with Gasteiger partial charge in [-0.15, -0.1) is 11.6 Å². The van der Waals surface area contributed by atoms with Crippen molar-refractivity contribution in [1.82, 2.24) is 0 Å². The molecule has 29 heavy (non-hydrogen) atoms. The second-order valence-corrected chi connectivity index (χ2v) is 10.1. The highest BCUT2D eigenvalue weighted by atomic mass is 35.5. The first-order valence-electron chi connectivity index (χ1n) is 10.2. The Morgan fingerprint density at radius 1 is 1.34 bits per heavy atom. The van der Waals surface area contributed by atoms with E-state index in [2.05, 4.69) is 0 Å². The fourth-order valence-corrected chi connectivity index (χ4v) is 7.41. The van der Waals surface area contributed by atoms with Crippen LogP contribution in [-0.4, -0.2) is 45.0 Å². The van der Waals surface area contributed by atoms with E-state index in [1.165, 1.54) is 19.1 Å². The molecule has 2 fully saturated rings. The maximum Gasteiger partial charge on any atom is 0.179 e. The number of fused-ring (bicyclic) bond motifs is 5. The Morgan fingerprint density at radius 3 is 2.62 bits per heavy atom. The average molecular weight is 429 g/mol. The molecule has 0 aromatic rings. The molecular formula is C22H27ClF2O4. The minimum Gasteiger partial charge on any atom is -0.390 e. The molecule has 0 aromatic heterocycles. The Hall–Kier alpha value is -1.11. The van der Waals surface area contributed by atoms with Crippen molar-refractivity contribution in [2.75, 3.05) is 5.88 Å². The van der Waals surface area contributed by atoms with Crippen molar-refractivity contribution in [3.05, 3.63) is 23.6 Å². The number of Topliss-reactive ketones (excluding diaryl/α,β-unsaturated/α-hetero) is 1. The Labute approximate surface area is 174 Å². The van der Waals surface area contributed by atoms with E-state index in [1.807, 2.05) is 0 Å². The first-order valence-corrected chi connectivity index (χ1v) is 10.7. The lowest BCUT2D eigenvalue weighted by molar-refractivity contribution is -0.215. The lowest BCUT2D eigenvalue weighted by atomic mass is 9.45. The Bertz CT molecular complexity index is 856. The van der Waals surface area contributed by atoms with E-state index in [9.17, 15) is 19.8 Å². The van der Waals surface area contributed by atoms with Crippen LogP contribution in [0.15, 0.2) is 23.6 Å². The molecule has 4 nitrogen and oxygen atoms in total. The lowest BCUT2D eigenvalue weighted by Crippen LogP contribution is -2.69. The third-order valence-electron chi connectivity index (χ3n) is 8.79. The van der Waals surface area contributed by atoms with Gasteiger partial charge in [0.1, 0.15) is 11.4 Å². The van der Waals surface area contributed by atoms with Gasteiger partial charge in [-0.1, -0.05) is 19.9 Å². The predicted octanol–water partition coefficient (Wildman–Crippen LogP) is 3.44. The van der Waals surface area contributed by atoms with Crippen LogP contribution in [0.4, 0.5) is 8.78 Å². The normalized spacial score (nSPS) is 51.5. The van der Waals surface area contributed by atoms with Crippen molar-refractivity contribution < 1.29 is 28.6 Å². The Kier molecular flexibility index (Phi) is 4.52. The number of alkyl halides is 2. The Balaban J connectivity index is 1.89.